The molecule has 210 valence electrons. The van der Waals surface area contributed by atoms with E-state index in [1.807, 2.05) is 29.2 Å². The summed E-state index contributed by atoms with van der Waals surface area (Å²) < 4.78 is 16.3. The summed E-state index contributed by atoms with van der Waals surface area (Å²) in [6.45, 7) is 4.29. The van der Waals surface area contributed by atoms with Crippen LogP contribution in [0.2, 0.25) is 0 Å². The number of carbonyl (C=O) groups excluding carboxylic acids is 2. The SMILES string of the molecule is COCCOc1cc2ncnc(NC3=CC(=O)C(N4CCN(Cc5ccc(C#N)cc5)CC4)=CC3=O)c2cc1OC. The molecule has 1 saturated heterocycles. The summed E-state index contributed by atoms with van der Waals surface area (Å²) in [5.74, 6) is 0.814. The minimum absolute atomic E-state index is 0.137. The lowest BCUT2D eigenvalue weighted by molar-refractivity contribution is -0.116. The summed E-state index contributed by atoms with van der Waals surface area (Å²) in [6.07, 6.45) is 4.10. The van der Waals surface area contributed by atoms with Crippen LogP contribution in [0.25, 0.3) is 10.9 Å². The van der Waals surface area contributed by atoms with Crippen LogP contribution in [0.1, 0.15) is 11.1 Å². The average Bonchev–Trinajstić information content (AvgIpc) is 2.99. The molecule has 0 radical (unpaired) electrons. The molecule has 3 aromatic rings. The maximum Gasteiger partial charge on any atom is 0.204 e. The zero-order valence-corrected chi connectivity index (χ0v) is 22.9. The van der Waals surface area contributed by atoms with E-state index < -0.39 is 0 Å². The Labute approximate surface area is 237 Å². The smallest absolute Gasteiger partial charge is 0.204 e. The molecule has 1 aliphatic heterocycles. The first kappa shape index (κ1) is 27.8. The van der Waals surface area contributed by atoms with Crippen molar-refractivity contribution in [3.8, 4) is 17.6 Å². The van der Waals surface area contributed by atoms with Crippen molar-refractivity contribution in [3.05, 3.63) is 77.4 Å². The minimum atomic E-state index is -0.308. The highest BCUT2D eigenvalue weighted by atomic mass is 16.5. The Bertz CT molecular complexity index is 1550. The van der Waals surface area contributed by atoms with Gasteiger partial charge in [-0.15, -0.1) is 0 Å². The second kappa shape index (κ2) is 12.6. The van der Waals surface area contributed by atoms with Gasteiger partial charge in [0.05, 0.1) is 42.3 Å². The molecule has 1 fully saturated rings. The van der Waals surface area contributed by atoms with Gasteiger partial charge < -0.3 is 24.4 Å². The predicted molar refractivity (Wildman–Crippen MR) is 151 cm³/mol. The molecule has 41 heavy (non-hydrogen) atoms. The summed E-state index contributed by atoms with van der Waals surface area (Å²) in [5.41, 5.74) is 2.88. The fraction of sp³-hybridized carbons (Fsp3) is 0.300. The maximum atomic E-state index is 13.1. The first-order valence-corrected chi connectivity index (χ1v) is 13.2. The molecule has 0 amide bonds. The first-order valence-electron chi connectivity index (χ1n) is 13.2. The molecule has 1 aliphatic carbocycles. The fourth-order valence-electron chi connectivity index (χ4n) is 4.78. The molecule has 2 heterocycles. The van der Waals surface area contributed by atoms with Gasteiger partial charge in [0, 0.05) is 63.4 Å². The van der Waals surface area contributed by atoms with Gasteiger partial charge in [-0.1, -0.05) is 12.1 Å². The van der Waals surface area contributed by atoms with Gasteiger partial charge in [-0.2, -0.15) is 5.26 Å². The summed E-state index contributed by atoms with van der Waals surface area (Å²) in [4.78, 5) is 39.1. The van der Waals surface area contributed by atoms with Gasteiger partial charge in [0.25, 0.3) is 0 Å². The molecule has 11 nitrogen and oxygen atoms in total. The molecule has 1 aromatic heterocycles. The van der Waals surface area contributed by atoms with Gasteiger partial charge in [0.1, 0.15) is 18.8 Å². The molecule has 1 N–H and O–H groups in total. The zero-order valence-electron chi connectivity index (χ0n) is 22.9. The van der Waals surface area contributed by atoms with E-state index in [0.717, 1.165) is 25.2 Å². The molecule has 0 saturated carbocycles. The molecule has 11 heteroatoms. The second-order valence-corrected chi connectivity index (χ2v) is 9.60. The lowest BCUT2D eigenvalue weighted by Gasteiger charge is -2.37. The van der Waals surface area contributed by atoms with Crippen molar-refractivity contribution in [3.63, 3.8) is 0 Å². The number of methoxy groups -OCH3 is 2. The van der Waals surface area contributed by atoms with Crippen LogP contribution in [0.4, 0.5) is 5.82 Å². The number of piperazine rings is 1. The van der Waals surface area contributed by atoms with Crippen molar-refractivity contribution in [2.24, 2.45) is 0 Å². The Hall–Kier alpha value is -4.79. The molecule has 0 atom stereocenters. The highest BCUT2D eigenvalue weighted by molar-refractivity contribution is 6.21. The van der Waals surface area contributed by atoms with E-state index in [1.165, 1.54) is 25.6 Å². The first-order chi connectivity index (χ1) is 20.0. The van der Waals surface area contributed by atoms with E-state index in [2.05, 4.69) is 26.3 Å². The lowest BCUT2D eigenvalue weighted by atomic mass is 10.0. The van der Waals surface area contributed by atoms with Gasteiger partial charge in [-0.05, 0) is 23.8 Å². The van der Waals surface area contributed by atoms with Crippen molar-refractivity contribution >= 4 is 28.3 Å². The van der Waals surface area contributed by atoms with Gasteiger partial charge >= 0.3 is 0 Å². The predicted octanol–water partition coefficient (Wildman–Crippen LogP) is 2.68. The number of benzene rings is 2. The van der Waals surface area contributed by atoms with E-state index in [4.69, 9.17) is 19.5 Å². The van der Waals surface area contributed by atoms with Crippen molar-refractivity contribution in [1.82, 2.24) is 19.8 Å². The van der Waals surface area contributed by atoms with Crippen LogP contribution in [0, 0.1) is 11.3 Å². The van der Waals surface area contributed by atoms with Crippen LogP contribution in [-0.2, 0) is 20.9 Å². The van der Waals surface area contributed by atoms with E-state index in [1.54, 1.807) is 19.2 Å². The van der Waals surface area contributed by atoms with Crippen LogP contribution in [0.5, 0.6) is 11.5 Å². The normalized spacial score (nSPS) is 15.8. The molecular weight excluding hydrogens is 524 g/mol. The van der Waals surface area contributed by atoms with Gasteiger partial charge in [-0.25, -0.2) is 9.97 Å². The summed E-state index contributed by atoms with van der Waals surface area (Å²) in [5, 5.41) is 12.6. The Balaban J connectivity index is 1.25. The number of fused-ring (bicyclic) bond motifs is 1. The van der Waals surface area contributed by atoms with Gasteiger partial charge in [0.2, 0.25) is 11.6 Å². The third-order valence-electron chi connectivity index (χ3n) is 6.98. The zero-order chi connectivity index (χ0) is 28.8. The average molecular weight is 555 g/mol. The third kappa shape index (κ3) is 6.35. The van der Waals surface area contributed by atoms with Crippen molar-refractivity contribution in [2.75, 3.05) is 58.9 Å². The number of anilines is 1. The highest BCUT2D eigenvalue weighted by Gasteiger charge is 2.28. The number of aromatic nitrogens is 2. The van der Waals surface area contributed by atoms with Gasteiger partial charge in [0.15, 0.2) is 11.5 Å². The van der Waals surface area contributed by atoms with Crippen molar-refractivity contribution < 1.29 is 23.8 Å². The number of rotatable bonds is 10. The molecule has 0 spiro atoms. The lowest BCUT2D eigenvalue weighted by Crippen LogP contribution is -2.47. The summed E-state index contributed by atoms with van der Waals surface area (Å²) in [6, 6.07) is 13.2. The van der Waals surface area contributed by atoms with E-state index in [-0.39, 0.29) is 17.3 Å². The maximum absolute atomic E-state index is 13.1. The largest absolute Gasteiger partial charge is 0.493 e. The number of hydrogen-bond donors (Lipinski definition) is 1. The Morgan fingerprint density at radius 3 is 2.44 bits per heavy atom. The van der Waals surface area contributed by atoms with E-state index in [0.29, 0.717) is 65.8 Å². The van der Waals surface area contributed by atoms with Crippen LogP contribution >= 0.6 is 0 Å². The number of nitriles is 1. The monoisotopic (exact) mass is 554 g/mol. The van der Waals surface area contributed by atoms with Crippen LogP contribution < -0.4 is 14.8 Å². The summed E-state index contributed by atoms with van der Waals surface area (Å²) in [7, 11) is 3.13. The standard InChI is InChI=1S/C30H30N6O5/c1-39-11-12-41-29-15-23-22(13-28(29)40-2)30(33-19-32-23)34-24-14-27(38)25(16-26(24)37)36-9-7-35(8-10-36)18-21-5-3-20(17-31)4-6-21/h3-6,13-16,19H,7-12,18H2,1-2H3,(H,32,33,34). The van der Waals surface area contributed by atoms with Crippen molar-refractivity contribution in [2.45, 2.75) is 6.54 Å². The number of ketones is 2. The molecule has 0 unspecified atom stereocenters. The highest BCUT2D eigenvalue weighted by Crippen LogP contribution is 2.34. The second-order valence-electron chi connectivity index (χ2n) is 9.60. The molecule has 2 aliphatic rings. The van der Waals surface area contributed by atoms with Gasteiger partial charge in [-0.3, -0.25) is 14.5 Å². The number of ether oxygens (including phenoxy) is 3. The van der Waals surface area contributed by atoms with Crippen molar-refractivity contribution in [1.29, 1.82) is 5.26 Å². The number of allylic oxidation sites excluding steroid dienone is 2. The Morgan fingerprint density at radius 1 is 0.951 bits per heavy atom. The van der Waals surface area contributed by atoms with Crippen LogP contribution in [0.3, 0.4) is 0 Å². The molecular formula is C30H30N6O5. The summed E-state index contributed by atoms with van der Waals surface area (Å²) >= 11 is 0. The van der Waals surface area contributed by atoms with Crippen LogP contribution in [0.15, 0.2) is 66.3 Å². The number of carbonyl (C=O) groups is 2. The number of nitrogens with zero attached hydrogens (tertiary/aromatic N) is 5. The Morgan fingerprint density at radius 2 is 1.73 bits per heavy atom. The molecule has 2 aromatic carbocycles. The van der Waals surface area contributed by atoms with E-state index >= 15 is 0 Å². The van der Waals surface area contributed by atoms with Crippen LogP contribution in [-0.4, -0.2) is 84.9 Å². The van der Waals surface area contributed by atoms with E-state index in [9.17, 15) is 9.59 Å². The minimum Gasteiger partial charge on any atom is -0.493 e. The molecule has 0 bridgehead atoms. The third-order valence-corrected chi connectivity index (χ3v) is 6.98. The number of nitrogens with one attached hydrogen (secondary N) is 1. The topological polar surface area (TPSA) is 130 Å². The number of hydrogen-bond acceptors (Lipinski definition) is 11. The molecule has 5 rings (SSSR count). The Kier molecular flexibility index (Phi) is 8.53. The quantitative estimate of drug-likeness (QED) is 0.293. The fourth-order valence-corrected chi connectivity index (χ4v) is 4.78.